The molecule has 1 aromatic carbocycles. The average molecular weight is 342 g/mol. The van der Waals surface area contributed by atoms with Crippen LogP contribution in [0.15, 0.2) is 41.0 Å². The highest BCUT2D eigenvalue weighted by Gasteiger charge is 2.04. The third-order valence-electron chi connectivity index (χ3n) is 2.69. The zero-order valence-corrected chi connectivity index (χ0v) is 12.8. The van der Waals surface area contributed by atoms with E-state index >= 15 is 0 Å². The number of aromatic nitrogens is 1. The molecule has 0 amide bonds. The number of nitrogens with one attached hydrogen (secondary N) is 1. The van der Waals surface area contributed by atoms with Gasteiger partial charge in [0.15, 0.2) is 0 Å². The molecule has 0 spiro atoms. The highest BCUT2D eigenvalue weighted by molar-refractivity contribution is 9.10. The van der Waals surface area contributed by atoms with Gasteiger partial charge in [0.25, 0.3) is 0 Å². The molecule has 5 heteroatoms. The Balaban J connectivity index is 1.96. The van der Waals surface area contributed by atoms with Crippen molar-refractivity contribution in [3.8, 4) is 5.88 Å². The van der Waals surface area contributed by atoms with Gasteiger partial charge in [-0.1, -0.05) is 39.7 Å². The van der Waals surface area contributed by atoms with E-state index < -0.39 is 0 Å². The van der Waals surface area contributed by atoms with Crippen LogP contribution in [0.2, 0.25) is 5.02 Å². The van der Waals surface area contributed by atoms with E-state index in [1.807, 2.05) is 30.3 Å². The Morgan fingerprint density at radius 3 is 2.79 bits per heavy atom. The van der Waals surface area contributed by atoms with Gasteiger partial charge in [-0.05, 0) is 23.8 Å². The molecule has 0 aliphatic heterocycles. The normalized spacial score (nSPS) is 10.5. The number of rotatable bonds is 5. The van der Waals surface area contributed by atoms with Gasteiger partial charge < -0.3 is 10.1 Å². The van der Waals surface area contributed by atoms with Crippen LogP contribution in [0.25, 0.3) is 0 Å². The molecule has 100 valence electrons. The first-order valence-electron chi connectivity index (χ1n) is 5.83. The highest BCUT2D eigenvalue weighted by atomic mass is 79.9. The lowest BCUT2D eigenvalue weighted by atomic mass is 10.2. The molecule has 1 aromatic heterocycles. The van der Waals surface area contributed by atoms with Crippen molar-refractivity contribution in [1.29, 1.82) is 0 Å². The van der Waals surface area contributed by atoms with Crippen LogP contribution in [0.5, 0.6) is 5.88 Å². The Labute approximate surface area is 126 Å². The number of hydrogen-bond acceptors (Lipinski definition) is 3. The lowest BCUT2D eigenvalue weighted by molar-refractivity contribution is 0.390. The van der Waals surface area contributed by atoms with Crippen molar-refractivity contribution in [3.05, 3.63) is 57.2 Å². The maximum atomic E-state index is 6.16. The number of methoxy groups -OCH3 is 1. The predicted molar refractivity (Wildman–Crippen MR) is 80.5 cm³/mol. The van der Waals surface area contributed by atoms with E-state index in [0.29, 0.717) is 19.0 Å². The second kappa shape index (κ2) is 6.89. The molecule has 0 fully saturated rings. The second-order valence-corrected chi connectivity index (χ2v) is 5.33. The summed E-state index contributed by atoms with van der Waals surface area (Å²) in [5, 5.41) is 4.08. The molecule has 3 nitrogen and oxygen atoms in total. The van der Waals surface area contributed by atoms with Gasteiger partial charge in [0, 0.05) is 34.3 Å². The Hall–Kier alpha value is -1.10. The monoisotopic (exact) mass is 340 g/mol. The summed E-state index contributed by atoms with van der Waals surface area (Å²) in [5.74, 6) is 0.650. The number of benzene rings is 1. The number of pyridine rings is 1. The minimum Gasteiger partial charge on any atom is -0.481 e. The van der Waals surface area contributed by atoms with E-state index in [1.165, 1.54) is 0 Å². The fraction of sp³-hybridized carbons (Fsp3) is 0.214. The summed E-state index contributed by atoms with van der Waals surface area (Å²) < 4.78 is 6.19. The molecule has 19 heavy (non-hydrogen) atoms. The smallest absolute Gasteiger partial charge is 0.217 e. The molecule has 2 rings (SSSR count). The molecule has 1 heterocycles. The largest absolute Gasteiger partial charge is 0.481 e. The summed E-state index contributed by atoms with van der Waals surface area (Å²) in [6.07, 6.45) is 1.72. The van der Waals surface area contributed by atoms with Gasteiger partial charge in [-0.15, -0.1) is 0 Å². The zero-order valence-electron chi connectivity index (χ0n) is 10.5. The zero-order chi connectivity index (χ0) is 13.7. The standard InChI is InChI=1S/C14H14BrClN2O/c1-19-14-11(3-2-6-18-14)9-17-8-10-4-5-12(15)7-13(10)16/h2-7,17H,8-9H2,1H3. The van der Waals surface area contributed by atoms with Crippen LogP contribution in [0, 0.1) is 0 Å². The predicted octanol–water partition coefficient (Wildman–Crippen LogP) is 3.80. The summed E-state index contributed by atoms with van der Waals surface area (Å²) in [7, 11) is 1.62. The Kier molecular flexibility index (Phi) is 5.19. The van der Waals surface area contributed by atoms with E-state index in [4.69, 9.17) is 16.3 Å². The van der Waals surface area contributed by atoms with Crippen LogP contribution < -0.4 is 10.1 Å². The molecule has 1 N–H and O–H groups in total. The first kappa shape index (κ1) is 14.3. The molecule has 0 saturated heterocycles. The van der Waals surface area contributed by atoms with Gasteiger partial charge in [-0.25, -0.2) is 4.98 Å². The van der Waals surface area contributed by atoms with Gasteiger partial charge >= 0.3 is 0 Å². The van der Waals surface area contributed by atoms with Crippen molar-refractivity contribution in [1.82, 2.24) is 10.3 Å². The molecule has 0 aliphatic carbocycles. The molecule has 0 atom stereocenters. The van der Waals surface area contributed by atoms with E-state index in [1.54, 1.807) is 13.3 Å². The van der Waals surface area contributed by atoms with Crippen LogP contribution in [-0.4, -0.2) is 12.1 Å². The van der Waals surface area contributed by atoms with Crippen molar-refractivity contribution < 1.29 is 4.74 Å². The van der Waals surface area contributed by atoms with Crippen LogP contribution >= 0.6 is 27.5 Å². The van der Waals surface area contributed by atoms with Crippen LogP contribution in [0.1, 0.15) is 11.1 Å². The molecule has 0 bridgehead atoms. The minimum absolute atomic E-state index is 0.650. The summed E-state index contributed by atoms with van der Waals surface area (Å²) in [6, 6.07) is 9.75. The Morgan fingerprint density at radius 1 is 1.26 bits per heavy atom. The van der Waals surface area contributed by atoms with E-state index in [9.17, 15) is 0 Å². The number of ether oxygens (including phenoxy) is 1. The number of nitrogens with zero attached hydrogens (tertiary/aromatic N) is 1. The van der Waals surface area contributed by atoms with E-state index in [0.717, 1.165) is 20.6 Å². The fourth-order valence-electron chi connectivity index (χ4n) is 1.74. The first-order valence-corrected chi connectivity index (χ1v) is 7.00. The third-order valence-corrected chi connectivity index (χ3v) is 3.53. The Morgan fingerprint density at radius 2 is 2.05 bits per heavy atom. The van der Waals surface area contributed by atoms with Gasteiger partial charge in [0.2, 0.25) is 5.88 Å². The van der Waals surface area contributed by atoms with Gasteiger partial charge in [-0.3, -0.25) is 0 Å². The SMILES string of the molecule is COc1ncccc1CNCc1ccc(Br)cc1Cl. The summed E-state index contributed by atoms with van der Waals surface area (Å²) in [6.45, 7) is 1.38. The Bertz CT molecular complexity index is 563. The maximum Gasteiger partial charge on any atom is 0.217 e. The number of hydrogen-bond donors (Lipinski definition) is 1. The molecule has 0 unspecified atom stereocenters. The second-order valence-electron chi connectivity index (χ2n) is 4.01. The molecule has 0 aliphatic rings. The molecule has 0 radical (unpaired) electrons. The average Bonchev–Trinajstić information content (AvgIpc) is 2.42. The van der Waals surface area contributed by atoms with E-state index in [-0.39, 0.29) is 0 Å². The van der Waals surface area contributed by atoms with Crippen molar-refractivity contribution in [2.45, 2.75) is 13.1 Å². The van der Waals surface area contributed by atoms with Crippen molar-refractivity contribution >= 4 is 27.5 Å². The highest BCUT2D eigenvalue weighted by Crippen LogP contribution is 2.21. The summed E-state index contributed by atoms with van der Waals surface area (Å²) in [4.78, 5) is 4.16. The van der Waals surface area contributed by atoms with Crippen LogP contribution in [0.3, 0.4) is 0 Å². The first-order chi connectivity index (χ1) is 9.20. The topological polar surface area (TPSA) is 34.1 Å². The van der Waals surface area contributed by atoms with Crippen LogP contribution in [0.4, 0.5) is 0 Å². The van der Waals surface area contributed by atoms with Crippen molar-refractivity contribution in [2.24, 2.45) is 0 Å². The minimum atomic E-state index is 0.650. The van der Waals surface area contributed by atoms with E-state index in [2.05, 4.69) is 26.2 Å². The lowest BCUT2D eigenvalue weighted by Crippen LogP contribution is -2.14. The molecular weight excluding hydrogens is 328 g/mol. The third kappa shape index (κ3) is 3.93. The lowest BCUT2D eigenvalue weighted by Gasteiger charge is -2.09. The van der Waals surface area contributed by atoms with Crippen molar-refractivity contribution in [3.63, 3.8) is 0 Å². The quantitative estimate of drug-likeness (QED) is 0.898. The summed E-state index contributed by atoms with van der Waals surface area (Å²) in [5.41, 5.74) is 2.09. The number of halogens is 2. The van der Waals surface area contributed by atoms with Gasteiger partial charge in [0.05, 0.1) is 7.11 Å². The van der Waals surface area contributed by atoms with Crippen molar-refractivity contribution in [2.75, 3.05) is 7.11 Å². The molecular formula is C14H14BrClN2O. The maximum absolute atomic E-state index is 6.16. The summed E-state index contributed by atoms with van der Waals surface area (Å²) >= 11 is 9.55. The fourth-order valence-corrected chi connectivity index (χ4v) is 2.48. The van der Waals surface area contributed by atoms with Gasteiger partial charge in [-0.2, -0.15) is 0 Å². The molecule has 0 saturated carbocycles. The van der Waals surface area contributed by atoms with Gasteiger partial charge in [0.1, 0.15) is 0 Å². The van der Waals surface area contributed by atoms with Crippen LogP contribution in [-0.2, 0) is 13.1 Å². The molecule has 2 aromatic rings.